The molecule has 0 radical (unpaired) electrons. The molecule has 1 N–H and O–H groups in total. The molecule has 2 heterocycles. The second-order valence-electron chi connectivity index (χ2n) is 7.26. The van der Waals surface area contributed by atoms with Gasteiger partial charge in [0.1, 0.15) is 23.8 Å². The van der Waals surface area contributed by atoms with Gasteiger partial charge < -0.3 is 10.2 Å². The van der Waals surface area contributed by atoms with Crippen LogP contribution in [-0.2, 0) is 0 Å². The van der Waals surface area contributed by atoms with Crippen molar-refractivity contribution in [3.05, 3.63) is 82.3 Å². The average molecular weight is 443 g/mol. The van der Waals surface area contributed by atoms with Crippen LogP contribution in [0.25, 0.3) is 6.08 Å². The van der Waals surface area contributed by atoms with Crippen LogP contribution in [0.4, 0.5) is 24.8 Å². The van der Waals surface area contributed by atoms with E-state index in [9.17, 15) is 13.2 Å². The number of hydrogen-bond acceptors (Lipinski definition) is 5. The quantitative estimate of drug-likeness (QED) is 0.485. The lowest BCUT2D eigenvalue weighted by molar-refractivity contribution is 0.146. The molecule has 1 atom stereocenters. The molecule has 0 bridgehead atoms. The van der Waals surface area contributed by atoms with Gasteiger partial charge in [0.05, 0.1) is 23.7 Å². The van der Waals surface area contributed by atoms with E-state index in [1.165, 1.54) is 18.5 Å². The molecule has 1 aliphatic heterocycles. The van der Waals surface area contributed by atoms with Gasteiger partial charge >= 0.3 is 0 Å². The summed E-state index contributed by atoms with van der Waals surface area (Å²) in [4.78, 5) is 13.0. The van der Waals surface area contributed by atoms with E-state index in [0.29, 0.717) is 12.4 Å². The summed E-state index contributed by atoms with van der Waals surface area (Å²) in [6, 6.07) is 13.5. The SMILES string of the molecule is C[C@@H](Nc1ncnc2c1C=C(Sc1ccccc1)CN2C)c1cccc(C(F)F)c1F. The van der Waals surface area contributed by atoms with Crippen molar-refractivity contribution < 1.29 is 13.2 Å². The highest BCUT2D eigenvalue weighted by Gasteiger charge is 2.23. The number of nitrogens with one attached hydrogen (secondary N) is 1. The summed E-state index contributed by atoms with van der Waals surface area (Å²) in [6.07, 6.45) is 0.598. The number of fused-ring (bicyclic) bond motifs is 1. The largest absolute Gasteiger partial charge is 0.363 e. The summed E-state index contributed by atoms with van der Waals surface area (Å²) in [6.45, 7) is 2.42. The summed E-state index contributed by atoms with van der Waals surface area (Å²) < 4.78 is 40.8. The Morgan fingerprint density at radius 3 is 2.52 bits per heavy atom. The molecule has 8 heteroatoms. The van der Waals surface area contributed by atoms with Gasteiger partial charge in [-0.1, -0.05) is 48.2 Å². The Labute approximate surface area is 183 Å². The predicted octanol–water partition coefficient (Wildman–Crippen LogP) is 6.31. The molecule has 3 aromatic rings. The number of likely N-dealkylation sites (N-methyl/N-ethyl adjacent to an activating group) is 1. The maximum absolute atomic E-state index is 14.6. The molecule has 0 amide bonds. The molecular weight excluding hydrogens is 421 g/mol. The normalized spacial score (nSPS) is 14.3. The summed E-state index contributed by atoms with van der Waals surface area (Å²) in [7, 11) is 1.95. The first-order chi connectivity index (χ1) is 14.9. The maximum Gasteiger partial charge on any atom is 0.266 e. The molecule has 0 spiro atoms. The molecule has 0 unspecified atom stereocenters. The van der Waals surface area contributed by atoms with Crippen LogP contribution in [0, 0.1) is 5.82 Å². The van der Waals surface area contributed by atoms with Crippen molar-refractivity contribution in [1.29, 1.82) is 0 Å². The van der Waals surface area contributed by atoms with E-state index in [1.807, 2.05) is 48.4 Å². The highest BCUT2D eigenvalue weighted by molar-refractivity contribution is 8.03. The summed E-state index contributed by atoms with van der Waals surface area (Å²) in [5.41, 5.74) is 0.348. The van der Waals surface area contributed by atoms with Crippen LogP contribution in [0.3, 0.4) is 0 Å². The zero-order valence-electron chi connectivity index (χ0n) is 17.0. The molecular formula is C23H21F3N4S. The highest BCUT2D eigenvalue weighted by Crippen LogP contribution is 2.38. The van der Waals surface area contributed by atoms with Gasteiger partial charge in [0, 0.05) is 22.4 Å². The van der Waals surface area contributed by atoms with E-state index in [0.717, 1.165) is 27.2 Å². The Morgan fingerprint density at radius 2 is 1.77 bits per heavy atom. The lowest BCUT2D eigenvalue weighted by Gasteiger charge is -2.28. The molecule has 4 rings (SSSR count). The summed E-state index contributed by atoms with van der Waals surface area (Å²) in [5.74, 6) is 0.384. The first kappa shape index (κ1) is 21.2. The molecule has 0 saturated heterocycles. The molecule has 0 fully saturated rings. The van der Waals surface area contributed by atoms with E-state index in [1.54, 1.807) is 18.7 Å². The third-order valence-corrected chi connectivity index (χ3v) is 6.05. The zero-order chi connectivity index (χ0) is 22.0. The van der Waals surface area contributed by atoms with Gasteiger partial charge in [-0.2, -0.15) is 0 Å². The standard InChI is InChI=1S/C23H21F3N4S/c1-14(17-9-6-10-18(20(17)24)21(25)26)29-22-19-11-16(31-15-7-4-3-5-8-15)12-30(2)23(19)28-13-27-22/h3-11,13-14,21H,12H2,1-2H3,(H,27,28,29)/t14-/m1/s1. The third-order valence-electron chi connectivity index (χ3n) is 5.03. The van der Waals surface area contributed by atoms with E-state index in [4.69, 9.17) is 0 Å². The minimum Gasteiger partial charge on any atom is -0.363 e. The number of thioether (sulfide) groups is 1. The number of rotatable bonds is 6. The van der Waals surface area contributed by atoms with E-state index in [-0.39, 0.29) is 5.56 Å². The maximum atomic E-state index is 14.6. The van der Waals surface area contributed by atoms with Gasteiger partial charge in [0.2, 0.25) is 0 Å². The molecule has 0 aliphatic carbocycles. The smallest absolute Gasteiger partial charge is 0.266 e. The Morgan fingerprint density at radius 1 is 1.03 bits per heavy atom. The van der Waals surface area contributed by atoms with Gasteiger partial charge in [-0.25, -0.2) is 23.1 Å². The van der Waals surface area contributed by atoms with Crippen LogP contribution >= 0.6 is 11.8 Å². The van der Waals surface area contributed by atoms with Gasteiger partial charge in [-0.05, 0) is 25.1 Å². The topological polar surface area (TPSA) is 41.1 Å². The van der Waals surface area contributed by atoms with Crippen molar-refractivity contribution in [3.63, 3.8) is 0 Å². The van der Waals surface area contributed by atoms with Gasteiger partial charge in [-0.3, -0.25) is 0 Å². The molecule has 31 heavy (non-hydrogen) atoms. The fourth-order valence-corrected chi connectivity index (χ4v) is 4.54. The third kappa shape index (κ3) is 4.54. The fraction of sp³-hybridized carbons (Fsp3) is 0.217. The van der Waals surface area contributed by atoms with Crippen molar-refractivity contribution in [2.24, 2.45) is 0 Å². The zero-order valence-corrected chi connectivity index (χ0v) is 17.8. The van der Waals surface area contributed by atoms with Crippen LogP contribution in [0.1, 0.15) is 36.1 Å². The lowest BCUT2D eigenvalue weighted by atomic mass is 10.0. The summed E-state index contributed by atoms with van der Waals surface area (Å²) >= 11 is 1.66. The average Bonchev–Trinajstić information content (AvgIpc) is 2.75. The van der Waals surface area contributed by atoms with E-state index in [2.05, 4.69) is 15.3 Å². The van der Waals surface area contributed by atoms with Crippen molar-refractivity contribution in [1.82, 2.24) is 9.97 Å². The molecule has 2 aromatic carbocycles. The van der Waals surface area contributed by atoms with Crippen molar-refractivity contribution >= 4 is 29.5 Å². The number of aromatic nitrogens is 2. The van der Waals surface area contributed by atoms with Crippen LogP contribution in [-0.4, -0.2) is 23.6 Å². The number of alkyl halides is 2. The number of anilines is 2. The number of halogens is 3. The second-order valence-corrected chi connectivity index (χ2v) is 8.46. The Hall–Kier alpha value is -3.00. The first-order valence-corrected chi connectivity index (χ1v) is 10.6. The highest BCUT2D eigenvalue weighted by atomic mass is 32.2. The molecule has 1 aliphatic rings. The van der Waals surface area contributed by atoms with Crippen molar-refractivity contribution in [2.45, 2.75) is 24.3 Å². The Balaban J connectivity index is 1.65. The molecule has 160 valence electrons. The van der Waals surface area contributed by atoms with Crippen LogP contribution in [0.2, 0.25) is 0 Å². The number of nitrogens with zero attached hydrogens (tertiary/aromatic N) is 3. The monoisotopic (exact) mass is 442 g/mol. The van der Waals surface area contributed by atoms with Gasteiger partial charge in [0.15, 0.2) is 0 Å². The minimum atomic E-state index is -2.87. The second kappa shape index (κ2) is 9.01. The van der Waals surface area contributed by atoms with Crippen molar-refractivity contribution in [3.8, 4) is 0 Å². The molecule has 1 aromatic heterocycles. The van der Waals surface area contributed by atoms with Crippen LogP contribution < -0.4 is 10.2 Å². The minimum absolute atomic E-state index is 0.164. The van der Waals surface area contributed by atoms with Gasteiger partial charge in [0.25, 0.3) is 6.43 Å². The van der Waals surface area contributed by atoms with E-state index >= 15 is 0 Å². The first-order valence-electron chi connectivity index (χ1n) is 9.76. The fourth-order valence-electron chi connectivity index (χ4n) is 3.51. The van der Waals surface area contributed by atoms with E-state index < -0.39 is 23.8 Å². The molecule has 0 saturated carbocycles. The van der Waals surface area contributed by atoms with Crippen LogP contribution in [0.15, 0.2) is 64.7 Å². The summed E-state index contributed by atoms with van der Waals surface area (Å²) in [5, 5.41) is 3.18. The number of benzene rings is 2. The Bertz CT molecular complexity index is 1110. The van der Waals surface area contributed by atoms with Crippen molar-refractivity contribution in [2.75, 3.05) is 23.8 Å². The molecule has 4 nitrogen and oxygen atoms in total. The predicted molar refractivity (Wildman–Crippen MR) is 119 cm³/mol. The lowest BCUT2D eigenvalue weighted by Crippen LogP contribution is -2.25. The Kier molecular flexibility index (Phi) is 6.18. The number of hydrogen-bond donors (Lipinski definition) is 1. The van der Waals surface area contributed by atoms with Crippen LogP contribution in [0.5, 0.6) is 0 Å². The van der Waals surface area contributed by atoms with Gasteiger partial charge in [-0.15, -0.1) is 0 Å².